The van der Waals surface area contributed by atoms with E-state index < -0.39 is 5.41 Å². The molecule has 4 heterocycles. The van der Waals surface area contributed by atoms with Crippen LogP contribution in [0.5, 0.6) is 0 Å². The van der Waals surface area contributed by atoms with Crippen molar-refractivity contribution in [3.05, 3.63) is 29.2 Å². The average molecular weight is 399 g/mol. The molecule has 0 aromatic carbocycles. The molecule has 8 nitrogen and oxygen atoms in total. The number of nitrogens with one attached hydrogen (secondary N) is 1. The summed E-state index contributed by atoms with van der Waals surface area (Å²) in [6, 6.07) is 3.57. The monoisotopic (exact) mass is 398 g/mol. The first-order valence-corrected chi connectivity index (χ1v) is 10.5. The third-order valence-corrected chi connectivity index (χ3v) is 6.46. The highest BCUT2D eigenvalue weighted by atomic mass is 16.2. The third-order valence-electron chi connectivity index (χ3n) is 6.46. The fraction of sp³-hybridized carbons (Fsp3) is 0.619. The summed E-state index contributed by atoms with van der Waals surface area (Å²) in [4.78, 5) is 35.2. The Balaban J connectivity index is 1.70. The number of carbonyl (C=O) groups is 2. The molecule has 0 radical (unpaired) electrons. The molecule has 0 saturated carbocycles. The molecule has 1 N–H and O–H groups in total. The van der Waals surface area contributed by atoms with Gasteiger partial charge in [-0.3, -0.25) is 9.59 Å². The summed E-state index contributed by atoms with van der Waals surface area (Å²) in [5.74, 6) is -0.0278. The maximum atomic E-state index is 13.5. The van der Waals surface area contributed by atoms with Crippen LogP contribution < -0.4 is 5.32 Å². The molecular formula is C21H30N6O2. The van der Waals surface area contributed by atoms with Crippen molar-refractivity contribution in [1.82, 2.24) is 29.7 Å². The molecule has 8 heteroatoms. The lowest BCUT2D eigenvalue weighted by Gasteiger charge is -2.53. The first-order chi connectivity index (χ1) is 13.9. The minimum atomic E-state index is -0.514. The highest BCUT2D eigenvalue weighted by Gasteiger charge is 2.53. The second kappa shape index (κ2) is 7.40. The molecule has 0 unspecified atom stereocenters. The van der Waals surface area contributed by atoms with Crippen LogP contribution in [0.1, 0.15) is 48.1 Å². The zero-order valence-electron chi connectivity index (χ0n) is 17.7. The van der Waals surface area contributed by atoms with E-state index in [0.29, 0.717) is 31.0 Å². The van der Waals surface area contributed by atoms with Gasteiger partial charge in [0, 0.05) is 37.1 Å². The quantitative estimate of drug-likeness (QED) is 0.845. The Morgan fingerprint density at radius 1 is 1.24 bits per heavy atom. The Hall–Kier alpha value is -2.48. The summed E-state index contributed by atoms with van der Waals surface area (Å²) >= 11 is 0. The molecule has 2 saturated heterocycles. The van der Waals surface area contributed by atoms with Crippen molar-refractivity contribution in [2.45, 2.75) is 46.1 Å². The number of piperidine rings is 2. The second-order valence-corrected chi connectivity index (χ2v) is 8.48. The molecule has 0 spiro atoms. The van der Waals surface area contributed by atoms with E-state index in [4.69, 9.17) is 0 Å². The predicted molar refractivity (Wildman–Crippen MR) is 110 cm³/mol. The van der Waals surface area contributed by atoms with E-state index >= 15 is 0 Å². The minimum absolute atomic E-state index is 0.0822. The zero-order valence-corrected chi connectivity index (χ0v) is 17.7. The lowest BCUT2D eigenvalue weighted by Crippen LogP contribution is -2.66. The van der Waals surface area contributed by atoms with Crippen LogP contribution in [0, 0.1) is 19.3 Å². The summed E-state index contributed by atoms with van der Waals surface area (Å²) < 4.78 is 1.72. The number of likely N-dealkylation sites (tertiary alicyclic amines) is 2. The van der Waals surface area contributed by atoms with E-state index in [0.717, 1.165) is 37.2 Å². The number of nitrogens with zero attached hydrogens (tertiary/aromatic N) is 5. The number of amides is 2. The second-order valence-electron chi connectivity index (χ2n) is 8.48. The Morgan fingerprint density at radius 2 is 2.03 bits per heavy atom. The highest BCUT2D eigenvalue weighted by Crippen LogP contribution is 2.43. The first kappa shape index (κ1) is 19.8. The van der Waals surface area contributed by atoms with Gasteiger partial charge >= 0.3 is 0 Å². The van der Waals surface area contributed by atoms with Gasteiger partial charge in [-0.05, 0) is 59.7 Å². The summed E-state index contributed by atoms with van der Waals surface area (Å²) in [6.07, 6.45) is 2.42. The van der Waals surface area contributed by atoms with E-state index in [1.165, 1.54) is 0 Å². The van der Waals surface area contributed by atoms with Crippen molar-refractivity contribution in [3.8, 4) is 0 Å². The van der Waals surface area contributed by atoms with Gasteiger partial charge in [0.2, 0.25) is 5.91 Å². The molecule has 0 bridgehead atoms. The van der Waals surface area contributed by atoms with Gasteiger partial charge in [-0.1, -0.05) is 0 Å². The van der Waals surface area contributed by atoms with Crippen molar-refractivity contribution in [2.24, 2.45) is 5.41 Å². The van der Waals surface area contributed by atoms with Gasteiger partial charge in [0.1, 0.15) is 0 Å². The number of aromatic nitrogens is 3. The summed E-state index contributed by atoms with van der Waals surface area (Å²) in [7, 11) is 2.06. The SMILES string of the molecule is CCNC(=O)[C@@]12CCCN(C(=O)c3cc4nc(C)cc(C)n4n3)[C@H]1CN(C)CC2. The highest BCUT2D eigenvalue weighted by molar-refractivity contribution is 5.95. The van der Waals surface area contributed by atoms with E-state index in [1.807, 2.05) is 31.7 Å². The first-order valence-electron chi connectivity index (χ1n) is 10.5. The number of hydrogen-bond donors (Lipinski definition) is 1. The van der Waals surface area contributed by atoms with Crippen molar-refractivity contribution in [3.63, 3.8) is 0 Å². The van der Waals surface area contributed by atoms with Crippen LogP contribution in [0.4, 0.5) is 0 Å². The third kappa shape index (κ3) is 3.29. The Labute approximate surface area is 171 Å². The van der Waals surface area contributed by atoms with Crippen LogP contribution in [0.3, 0.4) is 0 Å². The number of fused-ring (bicyclic) bond motifs is 2. The largest absolute Gasteiger partial charge is 0.356 e. The normalized spacial score (nSPS) is 25.1. The molecule has 2 aliphatic rings. The summed E-state index contributed by atoms with van der Waals surface area (Å²) in [6.45, 7) is 8.66. The van der Waals surface area contributed by atoms with Crippen LogP contribution in [0.25, 0.3) is 5.65 Å². The van der Waals surface area contributed by atoms with Crippen molar-refractivity contribution in [1.29, 1.82) is 0 Å². The number of likely N-dealkylation sites (N-methyl/N-ethyl adjacent to an activating group) is 1. The molecule has 0 aliphatic carbocycles. The minimum Gasteiger partial charge on any atom is -0.356 e. The van der Waals surface area contributed by atoms with Crippen LogP contribution >= 0.6 is 0 Å². The standard InChI is InChI=1S/C21H30N6O2/c1-5-22-20(29)21-7-6-9-26(17(21)13-25(4)10-8-21)19(28)16-12-18-23-14(2)11-15(3)27(18)24-16/h11-12,17H,5-10,13H2,1-4H3,(H,22,29)/t17-,21+/m0/s1. The van der Waals surface area contributed by atoms with Crippen molar-refractivity contribution >= 4 is 17.5 Å². The van der Waals surface area contributed by atoms with E-state index in [-0.39, 0.29) is 17.9 Å². The van der Waals surface area contributed by atoms with Crippen molar-refractivity contribution in [2.75, 3.05) is 33.2 Å². The van der Waals surface area contributed by atoms with Gasteiger partial charge in [-0.25, -0.2) is 9.50 Å². The number of hydrogen-bond acceptors (Lipinski definition) is 5. The summed E-state index contributed by atoms with van der Waals surface area (Å²) in [5.41, 5.74) is 2.40. The fourth-order valence-corrected chi connectivity index (χ4v) is 5.02. The molecule has 156 valence electrons. The Morgan fingerprint density at radius 3 is 2.79 bits per heavy atom. The van der Waals surface area contributed by atoms with Gasteiger partial charge in [0.15, 0.2) is 11.3 Å². The van der Waals surface area contributed by atoms with E-state index in [2.05, 4.69) is 27.3 Å². The Bertz CT molecular complexity index is 954. The maximum absolute atomic E-state index is 13.5. The molecule has 2 atom stereocenters. The predicted octanol–water partition coefficient (Wildman–Crippen LogP) is 1.41. The zero-order chi connectivity index (χ0) is 20.8. The number of carbonyl (C=O) groups excluding carboxylic acids is 2. The molecule has 2 amide bonds. The maximum Gasteiger partial charge on any atom is 0.274 e. The van der Waals surface area contributed by atoms with E-state index in [9.17, 15) is 9.59 Å². The van der Waals surface area contributed by atoms with Crippen LogP contribution in [0.2, 0.25) is 0 Å². The van der Waals surface area contributed by atoms with Crippen molar-refractivity contribution < 1.29 is 9.59 Å². The molecule has 4 rings (SSSR count). The van der Waals surface area contributed by atoms with Gasteiger partial charge < -0.3 is 15.1 Å². The molecule has 2 aromatic rings. The molecule has 29 heavy (non-hydrogen) atoms. The molecule has 2 aliphatic heterocycles. The number of aryl methyl sites for hydroxylation is 2. The molecular weight excluding hydrogens is 368 g/mol. The van der Waals surface area contributed by atoms with Crippen LogP contribution in [-0.2, 0) is 4.79 Å². The fourth-order valence-electron chi connectivity index (χ4n) is 5.02. The van der Waals surface area contributed by atoms with Gasteiger partial charge in [0.05, 0.1) is 11.5 Å². The molecule has 2 aromatic heterocycles. The topological polar surface area (TPSA) is 82.8 Å². The lowest BCUT2D eigenvalue weighted by atomic mass is 9.67. The average Bonchev–Trinajstić information content (AvgIpc) is 3.11. The van der Waals surface area contributed by atoms with Gasteiger partial charge in [-0.2, -0.15) is 5.10 Å². The van der Waals surface area contributed by atoms with Gasteiger partial charge in [0.25, 0.3) is 5.91 Å². The van der Waals surface area contributed by atoms with E-state index in [1.54, 1.807) is 10.6 Å². The number of rotatable bonds is 3. The Kier molecular flexibility index (Phi) is 5.06. The van der Waals surface area contributed by atoms with Crippen LogP contribution in [0.15, 0.2) is 12.1 Å². The summed E-state index contributed by atoms with van der Waals surface area (Å²) in [5, 5.41) is 7.57. The van der Waals surface area contributed by atoms with Crippen LogP contribution in [-0.4, -0.2) is 75.5 Å². The smallest absolute Gasteiger partial charge is 0.274 e. The molecule has 2 fully saturated rings. The lowest BCUT2D eigenvalue weighted by molar-refractivity contribution is -0.142. The van der Waals surface area contributed by atoms with Gasteiger partial charge in [-0.15, -0.1) is 0 Å².